The quantitative estimate of drug-likeness (QED) is 0.910. The van der Waals surface area contributed by atoms with Crippen LogP contribution in [0.2, 0.25) is 0 Å². The second-order valence-corrected chi connectivity index (χ2v) is 6.29. The van der Waals surface area contributed by atoms with Crippen LogP contribution in [0.1, 0.15) is 25.0 Å². The molecular weight excluding hydrogens is 281 g/mol. The van der Waals surface area contributed by atoms with Crippen molar-refractivity contribution in [1.29, 1.82) is 0 Å². The lowest BCUT2D eigenvalue weighted by atomic mass is 9.99. The zero-order chi connectivity index (χ0) is 15.8. The van der Waals surface area contributed by atoms with Crippen molar-refractivity contribution < 1.29 is 18.3 Å². The Kier molecular flexibility index (Phi) is 4.22. The summed E-state index contributed by atoms with van der Waals surface area (Å²) >= 11 is 0. The molecule has 0 aromatic heterocycles. The van der Waals surface area contributed by atoms with Gasteiger partial charge in [-0.15, -0.1) is 0 Å². The molecule has 1 aromatic carbocycles. The number of nitrogens with zero attached hydrogens (tertiary/aromatic N) is 2. The van der Waals surface area contributed by atoms with Crippen LogP contribution in [0.5, 0.6) is 5.75 Å². The Hall–Kier alpha value is -1.27. The molecule has 1 N–H and O–H groups in total. The van der Waals surface area contributed by atoms with Gasteiger partial charge in [-0.3, -0.25) is 9.80 Å². The molecule has 1 aromatic rings. The first-order valence-corrected chi connectivity index (χ1v) is 6.92. The topological polar surface area (TPSA) is 26.7 Å². The van der Waals surface area contributed by atoms with Crippen LogP contribution in [0, 0.1) is 0 Å². The summed E-state index contributed by atoms with van der Waals surface area (Å²) < 4.78 is 38.4. The molecular formula is C15H21F3N2O. The number of phenolic OH excluding ortho intramolecular Hbond substituents is 1. The van der Waals surface area contributed by atoms with Crippen LogP contribution in [-0.2, 0) is 12.7 Å². The van der Waals surface area contributed by atoms with E-state index in [4.69, 9.17) is 0 Å². The highest BCUT2D eigenvalue weighted by Gasteiger charge is 2.35. The van der Waals surface area contributed by atoms with Crippen LogP contribution in [0.4, 0.5) is 13.2 Å². The van der Waals surface area contributed by atoms with Gasteiger partial charge in [-0.25, -0.2) is 0 Å². The highest BCUT2D eigenvalue weighted by Crippen LogP contribution is 2.36. The first-order valence-electron chi connectivity index (χ1n) is 6.92. The Bertz CT molecular complexity index is 514. The minimum absolute atomic E-state index is 0.00201. The van der Waals surface area contributed by atoms with Crippen molar-refractivity contribution in [2.75, 3.05) is 26.7 Å². The first kappa shape index (κ1) is 16.1. The van der Waals surface area contributed by atoms with Gasteiger partial charge in [-0.2, -0.15) is 13.2 Å². The molecule has 1 saturated heterocycles. The van der Waals surface area contributed by atoms with E-state index in [1.54, 1.807) is 6.07 Å². The maximum Gasteiger partial charge on any atom is 0.419 e. The van der Waals surface area contributed by atoms with Crippen LogP contribution < -0.4 is 0 Å². The van der Waals surface area contributed by atoms with Crippen molar-refractivity contribution in [3.8, 4) is 5.75 Å². The van der Waals surface area contributed by atoms with Crippen LogP contribution in [0.15, 0.2) is 18.2 Å². The summed E-state index contributed by atoms with van der Waals surface area (Å²) in [6.45, 7) is 7.21. The Morgan fingerprint density at radius 1 is 1.24 bits per heavy atom. The molecule has 0 atom stereocenters. The number of rotatable bonds is 2. The van der Waals surface area contributed by atoms with Crippen LogP contribution in [-0.4, -0.2) is 47.1 Å². The van der Waals surface area contributed by atoms with Crippen molar-refractivity contribution in [2.45, 2.75) is 32.1 Å². The lowest BCUT2D eigenvalue weighted by Crippen LogP contribution is -2.57. The average molecular weight is 302 g/mol. The number of likely N-dealkylation sites (N-methyl/N-ethyl adjacent to an activating group) is 1. The fourth-order valence-corrected chi connectivity index (χ4v) is 2.64. The summed E-state index contributed by atoms with van der Waals surface area (Å²) in [6, 6.07) is 3.72. The number of hydrogen-bond acceptors (Lipinski definition) is 3. The molecule has 21 heavy (non-hydrogen) atoms. The highest BCUT2D eigenvalue weighted by molar-refractivity contribution is 5.38. The fourth-order valence-electron chi connectivity index (χ4n) is 2.64. The molecule has 1 aliphatic rings. The summed E-state index contributed by atoms with van der Waals surface area (Å²) in [5, 5.41) is 9.35. The Morgan fingerprint density at radius 3 is 2.48 bits per heavy atom. The lowest BCUT2D eigenvalue weighted by Gasteiger charge is -2.45. The van der Waals surface area contributed by atoms with Gasteiger partial charge in [0.15, 0.2) is 0 Å². The molecule has 0 unspecified atom stereocenters. The number of benzene rings is 1. The molecule has 6 heteroatoms. The van der Waals surface area contributed by atoms with E-state index in [9.17, 15) is 18.3 Å². The Morgan fingerprint density at radius 2 is 1.90 bits per heavy atom. The molecule has 1 aliphatic heterocycles. The molecule has 1 fully saturated rings. The number of hydrogen-bond donors (Lipinski definition) is 1. The van der Waals surface area contributed by atoms with E-state index in [1.165, 1.54) is 0 Å². The predicted molar refractivity (Wildman–Crippen MR) is 75.1 cm³/mol. The van der Waals surface area contributed by atoms with E-state index in [2.05, 4.69) is 30.7 Å². The number of halogens is 3. The van der Waals surface area contributed by atoms with E-state index < -0.39 is 17.5 Å². The van der Waals surface area contributed by atoms with Gasteiger partial charge in [0, 0.05) is 31.7 Å². The third kappa shape index (κ3) is 3.68. The molecule has 0 spiro atoms. The largest absolute Gasteiger partial charge is 0.507 e. The summed E-state index contributed by atoms with van der Waals surface area (Å²) in [6.07, 6.45) is -4.53. The van der Waals surface area contributed by atoms with Gasteiger partial charge < -0.3 is 5.11 Å². The van der Waals surface area contributed by atoms with Gasteiger partial charge in [0.25, 0.3) is 0 Å². The lowest BCUT2D eigenvalue weighted by molar-refractivity contribution is -0.138. The second kappa shape index (κ2) is 5.50. The van der Waals surface area contributed by atoms with E-state index in [-0.39, 0.29) is 5.54 Å². The maximum absolute atomic E-state index is 12.8. The standard InChI is InChI=1S/C15H21F3N2O/c1-14(2)10-20(7-6-19(14)3)9-11-4-5-13(21)12(8-11)15(16,17)18/h4-5,8,21H,6-7,9-10H2,1-3H3. The number of phenols is 1. The van der Waals surface area contributed by atoms with E-state index in [0.717, 1.165) is 31.8 Å². The average Bonchev–Trinajstić information content (AvgIpc) is 2.34. The summed E-state index contributed by atoms with van der Waals surface area (Å²) in [5.74, 6) is -0.718. The van der Waals surface area contributed by atoms with Crippen molar-refractivity contribution in [3.05, 3.63) is 29.3 Å². The fraction of sp³-hybridized carbons (Fsp3) is 0.600. The first-order chi connectivity index (χ1) is 9.59. The summed E-state index contributed by atoms with van der Waals surface area (Å²) in [4.78, 5) is 4.40. The molecule has 118 valence electrons. The van der Waals surface area contributed by atoms with Gasteiger partial charge in [0.2, 0.25) is 0 Å². The van der Waals surface area contributed by atoms with Crippen molar-refractivity contribution in [3.63, 3.8) is 0 Å². The third-order valence-electron chi connectivity index (χ3n) is 4.17. The normalized spacial score (nSPS) is 20.7. The molecule has 0 amide bonds. The monoisotopic (exact) mass is 302 g/mol. The molecule has 2 rings (SSSR count). The minimum atomic E-state index is -4.53. The molecule has 1 heterocycles. The van der Waals surface area contributed by atoms with Gasteiger partial charge in [0.1, 0.15) is 5.75 Å². The number of aromatic hydroxyl groups is 1. The van der Waals surface area contributed by atoms with Gasteiger partial charge >= 0.3 is 6.18 Å². The van der Waals surface area contributed by atoms with E-state index >= 15 is 0 Å². The zero-order valence-corrected chi connectivity index (χ0v) is 12.5. The maximum atomic E-state index is 12.8. The third-order valence-corrected chi connectivity index (χ3v) is 4.17. The van der Waals surface area contributed by atoms with Crippen LogP contribution in [0.3, 0.4) is 0 Å². The Labute approximate surface area is 123 Å². The number of alkyl halides is 3. The van der Waals surface area contributed by atoms with Gasteiger partial charge in [0.05, 0.1) is 5.56 Å². The summed E-state index contributed by atoms with van der Waals surface area (Å²) in [7, 11) is 2.06. The molecule has 0 radical (unpaired) electrons. The predicted octanol–water partition coefficient (Wildman–Crippen LogP) is 2.94. The SMILES string of the molecule is CN1CCN(Cc2ccc(O)c(C(F)(F)F)c2)CC1(C)C. The van der Waals surface area contributed by atoms with Crippen molar-refractivity contribution >= 4 is 0 Å². The van der Waals surface area contributed by atoms with E-state index in [0.29, 0.717) is 12.1 Å². The smallest absolute Gasteiger partial charge is 0.419 e. The summed E-state index contributed by atoms with van der Waals surface area (Å²) in [5.41, 5.74) is -0.393. The van der Waals surface area contributed by atoms with Crippen molar-refractivity contribution in [1.82, 2.24) is 9.80 Å². The minimum Gasteiger partial charge on any atom is -0.507 e. The van der Waals surface area contributed by atoms with Crippen molar-refractivity contribution in [2.24, 2.45) is 0 Å². The van der Waals surface area contributed by atoms with Gasteiger partial charge in [-0.1, -0.05) is 6.07 Å². The second-order valence-electron chi connectivity index (χ2n) is 6.29. The van der Waals surface area contributed by atoms with Crippen LogP contribution >= 0.6 is 0 Å². The number of piperazine rings is 1. The molecule has 3 nitrogen and oxygen atoms in total. The Balaban J connectivity index is 2.14. The van der Waals surface area contributed by atoms with E-state index in [1.807, 2.05) is 0 Å². The van der Waals surface area contributed by atoms with Crippen LogP contribution in [0.25, 0.3) is 0 Å². The molecule has 0 saturated carbocycles. The zero-order valence-electron chi connectivity index (χ0n) is 12.5. The molecule has 0 aliphatic carbocycles. The highest BCUT2D eigenvalue weighted by atomic mass is 19.4. The van der Waals surface area contributed by atoms with Gasteiger partial charge in [-0.05, 0) is 38.6 Å². The molecule has 0 bridgehead atoms.